The summed E-state index contributed by atoms with van der Waals surface area (Å²) in [5.74, 6) is 2.32. The van der Waals surface area contributed by atoms with Crippen LogP contribution in [0.2, 0.25) is 0 Å². The predicted molar refractivity (Wildman–Crippen MR) is 132 cm³/mol. The van der Waals surface area contributed by atoms with E-state index in [9.17, 15) is 9.59 Å². The van der Waals surface area contributed by atoms with Crippen LogP contribution in [-0.4, -0.2) is 66.0 Å². The van der Waals surface area contributed by atoms with E-state index in [0.717, 1.165) is 44.6 Å². The molecule has 0 aromatic heterocycles. The van der Waals surface area contributed by atoms with Crippen LogP contribution in [0.25, 0.3) is 0 Å². The van der Waals surface area contributed by atoms with Gasteiger partial charge < -0.3 is 19.9 Å². The molecule has 1 aromatic rings. The quantitative estimate of drug-likeness (QED) is 0.610. The molecular weight excluding hydrogens is 414 g/mol. The Morgan fingerprint density at radius 1 is 1.03 bits per heavy atom. The Bertz CT molecular complexity index is 759. The van der Waals surface area contributed by atoms with Crippen molar-refractivity contribution >= 4 is 11.8 Å². The molecule has 2 unspecified atom stereocenters. The average Bonchev–Trinajstić information content (AvgIpc) is 2.79. The fraction of sp³-hybridized carbons (Fsp3) is 0.704. The minimum Gasteiger partial charge on any atom is -0.490 e. The van der Waals surface area contributed by atoms with Gasteiger partial charge in [0.15, 0.2) is 0 Å². The molecule has 6 heteroatoms. The SMILES string of the molecule is CC(C)CC(C(=O)N1CCC(C(C)Oc2ccccc2)CC1)N1CCN[C@@H](CC(C)C)C1=O. The van der Waals surface area contributed by atoms with Crippen molar-refractivity contribution in [3.8, 4) is 5.75 Å². The topological polar surface area (TPSA) is 61.9 Å². The van der Waals surface area contributed by atoms with Gasteiger partial charge in [-0.1, -0.05) is 45.9 Å². The monoisotopic (exact) mass is 457 g/mol. The van der Waals surface area contributed by atoms with E-state index in [0.29, 0.717) is 30.7 Å². The van der Waals surface area contributed by atoms with E-state index in [1.165, 1.54) is 0 Å². The molecule has 184 valence electrons. The second-order valence-electron chi connectivity index (χ2n) is 10.6. The van der Waals surface area contributed by atoms with E-state index in [4.69, 9.17) is 4.74 Å². The number of ether oxygens (including phenoxy) is 1. The molecular formula is C27H43N3O3. The highest BCUT2D eigenvalue weighted by molar-refractivity contribution is 5.90. The molecule has 1 N–H and O–H groups in total. The van der Waals surface area contributed by atoms with Crippen molar-refractivity contribution in [1.29, 1.82) is 0 Å². The van der Waals surface area contributed by atoms with E-state index in [2.05, 4.69) is 39.9 Å². The minimum atomic E-state index is -0.358. The van der Waals surface area contributed by atoms with Crippen LogP contribution in [0.15, 0.2) is 30.3 Å². The zero-order valence-electron chi connectivity index (χ0n) is 21.1. The summed E-state index contributed by atoms with van der Waals surface area (Å²) in [5, 5.41) is 3.37. The Labute approximate surface area is 200 Å². The summed E-state index contributed by atoms with van der Waals surface area (Å²) in [7, 11) is 0. The van der Waals surface area contributed by atoms with E-state index in [-0.39, 0.29) is 30.0 Å². The molecule has 0 aliphatic carbocycles. The number of hydrogen-bond acceptors (Lipinski definition) is 4. The average molecular weight is 458 g/mol. The smallest absolute Gasteiger partial charge is 0.245 e. The van der Waals surface area contributed by atoms with Gasteiger partial charge in [0.05, 0.1) is 12.1 Å². The number of rotatable bonds is 9. The van der Waals surface area contributed by atoms with Crippen LogP contribution in [0.1, 0.15) is 60.3 Å². The second kappa shape index (κ2) is 11.9. The van der Waals surface area contributed by atoms with E-state index >= 15 is 0 Å². The van der Waals surface area contributed by atoms with Gasteiger partial charge in [0, 0.05) is 26.2 Å². The van der Waals surface area contributed by atoms with Crippen LogP contribution in [0, 0.1) is 17.8 Å². The van der Waals surface area contributed by atoms with Crippen molar-refractivity contribution in [1.82, 2.24) is 15.1 Å². The van der Waals surface area contributed by atoms with Crippen LogP contribution in [0.5, 0.6) is 5.75 Å². The zero-order valence-corrected chi connectivity index (χ0v) is 21.1. The lowest BCUT2D eigenvalue weighted by molar-refractivity contribution is -0.150. The van der Waals surface area contributed by atoms with Crippen molar-refractivity contribution in [3.05, 3.63) is 30.3 Å². The van der Waals surface area contributed by atoms with E-state index in [1.807, 2.05) is 40.1 Å². The lowest BCUT2D eigenvalue weighted by Gasteiger charge is -2.42. The molecule has 0 saturated carbocycles. The number of carbonyl (C=O) groups is 2. The van der Waals surface area contributed by atoms with Gasteiger partial charge in [-0.2, -0.15) is 0 Å². The maximum Gasteiger partial charge on any atom is 0.245 e. The van der Waals surface area contributed by atoms with Crippen LogP contribution in [-0.2, 0) is 9.59 Å². The molecule has 0 spiro atoms. The summed E-state index contributed by atoms with van der Waals surface area (Å²) in [4.78, 5) is 30.8. The van der Waals surface area contributed by atoms with Gasteiger partial charge >= 0.3 is 0 Å². The number of nitrogens with one attached hydrogen (secondary N) is 1. The Hall–Kier alpha value is -2.08. The number of nitrogens with zero attached hydrogens (tertiary/aromatic N) is 2. The first kappa shape index (κ1) is 25.5. The highest BCUT2D eigenvalue weighted by atomic mass is 16.5. The number of hydrogen-bond donors (Lipinski definition) is 1. The fourth-order valence-electron chi connectivity index (χ4n) is 5.14. The van der Waals surface area contributed by atoms with E-state index in [1.54, 1.807) is 0 Å². The van der Waals surface area contributed by atoms with Crippen LogP contribution < -0.4 is 10.1 Å². The largest absolute Gasteiger partial charge is 0.490 e. The van der Waals surface area contributed by atoms with Gasteiger partial charge in [0.1, 0.15) is 11.8 Å². The molecule has 2 fully saturated rings. The Balaban J connectivity index is 1.61. The summed E-state index contributed by atoms with van der Waals surface area (Å²) in [6, 6.07) is 9.41. The third-order valence-corrected chi connectivity index (χ3v) is 6.97. The van der Waals surface area contributed by atoms with Gasteiger partial charge in [-0.25, -0.2) is 0 Å². The van der Waals surface area contributed by atoms with Crippen molar-refractivity contribution in [2.24, 2.45) is 17.8 Å². The van der Waals surface area contributed by atoms with Crippen LogP contribution >= 0.6 is 0 Å². The second-order valence-corrected chi connectivity index (χ2v) is 10.6. The molecule has 3 atom stereocenters. The maximum atomic E-state index is 13.7. The third-order valence-electron chi connectivity index (χ3n) is 6.97. The highest BCUT2D eigenvalue weighted by Gasteiger charge is 2.39. The molecule has 2 aliphatic rings. The van der Waals surface area contributed by atoms with E-state index < -0.39 is 0 Å². The molecule has 2 saturated heterocycles. The molecule has 1 aromatic carbocycles. The number of amides is 2. The molecule has 6 nitrogen and oxygen atoms in total. The zero-order chi connectivity index (χ0) is 24.0. The maximum absolute atomic E-state index is 13.7. The fourth-order valence-corrected chi connectivity index (χ4v) is 5.14. The summed E-state index contributed by atoms with van der Waals surface area (Å²) in [6.45, 7) is 13.5. The van der Waals surface area contributed by atoms with Gasteiger partial charge in [0.2, 0.25) is 11.8 Å². The van der Waals surface area contributed by atoms with Gasteiger partial charge in [-0.15, -0.1) is 0 Å². The van der Waals surface area contributed by atoms with Crippen molar-refractivity contribution in [3.63, 3.8) is 0 Å². The number of piperazine rings is 1. The van der Waals surface area contributed by atoms with Crippen molar-refractivity contribution in [2.45, 2.75) is 78.5 Å². The molecule has 0 radical (unpaired) electrons. The number of para-hydroxylation sites is 1. The van der Waals surface area contributed by atoms with Crippen molar-refractivity contribution < 1.29 is 14.3 Å². The van der Waals surface area contributed by atoms with Crippen LogP contribution in [0.4, 0.5) is 0 Å². The third kappa shape index (κ3) is 6.95. The summed E-state index contributed by atoms with van der Waals surface area (Å²) in [6.07, 6.45) is 3.50. The van der Waals surface area contributed by atoms with Gasteiger partial charge in [-0.3, -0.25) is 9.59 Å². The molecule has 2 heterocycles. The normalized spacial score (nSPS) is 22.0. The van der Waals surface area contributed by atoms with Gasteiger partial charge in [0.25, 0.3) is 0 Å². The number of carbonyl (C=O) groups excluding carboxylic acids is 2. The predicted octanol–water partition coefficient (Wildman–Crippen LogP) is 3.95. The van der Waals surface area contributed by atoms with Gasteiger partial charge in [-0.05, 0) is 62.5 Å². The minimum absolute atomic E-state index is 0.0914. The molecule has 3 rings (SSSR count). The number of piperidine rings is 1. The number of likely N-dealkylation sites (tertiary alicyclic amines) is 1. The lowest BCUT2D eigenvalue weighted by Crippen LogP contribution is -2.62. The lowest BCUT2D eigenvalue weighted by atomic mass is 9.90. The molecule has 33 heavy (non-hydrogen) atoms. The number of benzene rings is 1. The first-order valence-electron chi connectivity index (χ1n) is 12.8. The Morgan fingerprint density at radius 3 is 2.30 bits per heavy atom. The summed E-state index contributed by atoms with van der Waals surface area (Å²) >= 11 is 0. The standard InChI is InChI=1S/C27H43N3O3/c1-19(2)17-24-26(31)30(16-13-28-24)25(18-20(3)4)27(32)29-14-11-22(12-15-29)21(5)33-23-9-7-6-8-10-23/h6-10,19-22,24-25,28H,11-18H2,1-5H3/t21?,24-,25?/m0/s1. The summed E-state index contributed by atoms with van der Waals surface area (Å²) in [5.41, 5.74) is 0. The molecule has 2 amide bonds. The van der Waals surface area contributed by atoms with Crippen LogP contribution in [0.3, 0.4) is 0 Å². The highest BCUT2D eigenvalue weighted by Crippen LogP contribution is 2.27. The Kier molecular flexibility index (Phi) is 9.19. The molecule has 0 bridgehead atoms. The van der Waals surface area contributed by atoms with Crippen molar-refractivity contribution in [2.75, 3.05) is 26.2 Å². The first-order valence-corrected chi connectivity index (χ1v) is 12.8. The molecule has 2 aliphatic heterocycles. The first-order chi connectivity index (χ1) is 15.8. The summed E-state index contributed by atoms with van der Waals surface area (Å²) < 4.78 is 6.14. The Morgan fingerprint density at radius 2 is 1.70 bits per heavy atom.